The fourth-order valence-electron chi connectivity index (χ4n) is 1.29. The van der Waals surface area contributed by atoms with Gasteiger partial charge in [-0.2, -0.15) is 0 Å². The molecule has 2 nitrogen and oxygen atoms in total. The standard InChI is InChI=1S/C6H13NO/c7-6-3-1-2-5(6)4-8/h5-6,8H,1-4,7H2/t5-,6-/m0/s1. The molecule has 1 fully saturated rings. The molecule has 0 radical (unpaired) electrons. The molecule has 48 valence electrons. The van der Waals surface area contributed by atoms with Crippen molar-refractivity contribution in [2.75, 3.05) is 6.61 Å². The smallest absolute Gasteiger partial charge is 0.0474 e. The number of aliphatic hydroxyl groups is 1. The summed E-state index contributed by atoms with van der Waals surface area (Å²) in [5, 5.41) is 8.66. The van der Waals surface area contributed by atoms with E-state index in [4.69, 9.17) is 10.8 Å². The van der Waals surface area contributed by atoms with Gasteiger partial charge in [-0.3, -0.25) is 0 Å². The van der Waals surface area contributed by atoms with Crippen LogP contribution < -0.4 is 5.73 Å². The maximum Gasteiger partial charge on any atom is 0.0474 e. The Labute approximate surface area is 49.7 Å². The lowest BCUT2D eigenvalue weighted by Crippen LogP contribution is -2.26. The molecule has 0 spiro atoms. The van der Waals surface area contributed by atoms with Crippen molar-refractivity contribution in [1.82, 2.24) is 0 Å². The Morgan fingerprint density at radius 1 is 1.50 bits per heavy atom. The zero-order valence-electron chi connectivity index (χ0n) is 5.01. The maximum atomic E-state index is 8.66. The highest BCUT2D eigenvalue weighted by atomic mass is 16.3. The first kappa shape index (κ1) is 6.05. The minimum atomic E-state index is 0.278. The average Bonchev–Trinajstić information content (AvgIpc) is 2.14. The van der Waals surface area contributed by atoms with Crippen LogP contribution in [0.4, 0.5) is 0 Å². The van der Waals surface area contributed by atoms with E-state index >= 15 is 0 Å². The van der Waals surface area contributed by atoms with Crippen LogP contribution in [0.5, 0.6) is 0 Å². The van der Waals surface area contributed by atoms with E-state index in [2.05, 4.69) is 0 Å². The molecule has 0 amide bonds. The second kappa shape index (κ2) is 2.46. The van der Waals surface area contributed by atoms with Crippen molar-refractivity contribution in [2.24, 2.45) is 11.7 Å². The third-order valence-electron chi connectivity index (χ3n) is 1.95. The van der Waals surface area contributed by atoms with Crippen molar-refractivity contribution in [3.8, 4) is 0 Å². The van der Waals surface area contributed by atoms with Crippen molar-refractivity contribution >= 4 is 0 Å². The van der Waals surface area contributed by atoms with Crippen molar-refractivity contribution in [1.29, 1.82) is 0 Å². The van der Waals surface area contributed by atoms with Gasteiger partial charge < -0.3 is 10.8 Å². The van der Waals surface area contributed by atoms with Crippen LogP contribution in [0.1, 0.15) is 19.3 Å². The van der Waals surface area contributed by atoms with Crippen LogP contribution >= 0.6 is 0 Å². The monoisotopic (exact) mass is 115 g/mol. The minimum Gasteiger partial charge on any atom is -0.396 e. The van der Waals surface area contributed by atoms with Gasteiger partial charge in [0.1, 0.15) is 0 Å². The minimum absolute atomic E-state index is 0.278. The van der Waals surface area contributed by atoms with Crippen molar-refractivity contribution < 1.29 is 5.11 Å². The Morgan fingerprint density at radius 3 is 2.50 bits per heavy atom. The molecular weight excluding hydrogens is 102 g/mol. The molecule has 2 heteroatoms. The second-order valence-corrected chi connectivity index (χ2v) is 2.54. The van der Waals surface area contributed by atoms with Gasteiger partial charge in [-0.15, -0.1) is 0 Å². The van der Waals surface area contributed by atoms with Crippen LogP contribution in [0, 0.1) is 5.92 Å². The van der Waals surface area contributed by atoms with Crippen LogP contribution in [-0.4, -0.2) is 17.8 Å². The molecule has 0 heterocycles. The van der Waals surface area contributed by atoms with Gasteiger partial charge in [0.25, 0.3) is 0 Å². The first-order chi connectivity index (χ1) is 3.84. The lowest BCUT2D eigenvalue weighted by molar-refractivity contribution is 0.218. The first-order valence-corrected chi connectivity index (χ1v) is 3.21. The Balaban J connectivity index is 2.30. The Kier molecular flexibility index (Phi) is 1.86. The topological polar surface area (TPSA) is 46.2 Å². The lowest BCUT2D eigenvalue weighted by atomic mass is 10.1. The van der Waals surface area contributed by atoms with E-state index in [9.17, 15) is 0 Å². The molecule has 0 bridgehead atoms. The summed E-state index contributed by atoms with van der Waals surface area (Å²) in [6, 6.07) is 0.278. The Morgan fingerprint density at radius 2 is 2.25 bits per heavy atom. The largest absolute Gasteiger partial charge is 0.396 e. The highest BCUT2D eigenvalue weighted by Crippen LogP contribution is 2.22. The number of aliphatic hydroxyl groups excluding tert-OH is 1. The molecule has 0 saturated heterocycles. The average molecular weight is 115 g/mol. The van der Waals surface area contributed by atoms with Gasteiger partial charge in [0.15, 0.2) is 0 Å². The van der Waals surface area contributed by atoms with Crippen LogP contribution in [0.3, 0.4) is 0 Å². The Bertz CT molecular complexity index is 74.9. The first-order valence-electron chi connectivity index (χ1n) is 3.21. The summed E-state index contributed by atoms with van der Waals surface area (Å²) < 4.78 is 0. The summed E-state index contributed by atoms with van der Waals surface area (Å²) in [6.45, 7) is 0.279. The van der Waals surface area contributed by atoms with Crippen LogP contribution in [0.2, 0.25) is 0 Å². The molecule has 1 rings (SSSR count). The highest BCUT2D eigenvalue weighted by molar-refractivity contribution is 4.78. The van der Waals surface area contributed by atoms with Gasteiger partial charge in [0.05, 0.1) is 0 Å². The third-order valence-corrected chi connectivity index (χ3v) is 1.95. The highest BCUT2D eigenvalue weighted by Gasteiger charge is 2.22. The molecule has 0 aromatic heterocycles. The van der Waals surface area contributed by atoms with E-state index in [1.165, 1.54) is 6.42 Å². The van der Waals surface area contributed by atoms with Crippen molar-refractivity contribution in [2.45, 2.75) is 25.3 Å². The summed E-state index contributed by atoms with van der Waals surface area (Å²) >= 11 is 0. The van der Waals surface area contributed by atoms with Crippen molar-refractivity contribution in [3.63, 3.8) is 0 Å². The lowest BCUT2D eigenvalue weighted by Gasteiger charge is -2.09. The number of rotatable bonds is 1. The van der Waals surface area contributed by atoms with E-state index < -0.39 is 0 Å². The fourth-order valence-corrected chi connectivity index (χ4v) is 1.29. The second-order valence-electron chi connectivity index (χ2n) is 2.54. The van der Waals surface area contributed by atoms with E-state index in [0.717, 1.165) is 12.8 Å². The van der Waals surface area contributed by atoms with E-state index in [-0.39, 0.29) is 12.6 Å². The summed E-state index contributed by atoms with van der Waals surface area (Å²) in [7, 11) is 0. The molecular formula is C6H13NO. The maximum absolute atomic E-state index is 8.66. The zero-order valence-corrected chi connectivity index (χ0v) is 5.01. The predicted octanol–water partition coefficient (Wildman–Crippen LogP) is 0.106. The normalized spacial score (nSPS) is 38.2. The summed E-state index contributed by atoms with van der Waals surface area (Å²) in [5.74, 6) is 0.398. The molecule has 8 heavy (non-hydrogen) atoms. The van der Waals surface area contributed by atoms with Crippen LogP contribution in [0.25, 0.3) is 0 Å². The molecule has 3 N–H and O–H groups in total. The number of hydrogen-bond donors (Lipinski definition) is 2. The number of nitrogens with two attached hydrogens (primary N) is 1. The summed E-state index contributed by atoms with van der Waals surface area (Å²) in [4.78, 5) is 0. The zero-order chi connectivity index (χ0) is 5.98. The molecule has 0 aliphatic heterocycles. The molecule has 0 aromatic carbocycles. The molecule has 2 atom stereocenters. The predicted molar refractivity (Wildman–Crippen MR) is 32.4 cm³/mol. The Hall–Kier alpha value is -0.0800. The van der Waals surface area contributed by atoms with E-state index in [1.807, 2.05) is 0 Å². The van der Waals surface area contributed by atoms with Crippen LogP contribution in [0.15, 0.2) is 0 Å². The van der Waals surface area contributed by atoms with E-state index in [1.54, 1.807) is 0 Å². The van der Waals surface area contributed by atoms with Gasteiger partial charge in [-0.05, 0) is 18.8 Å². The molecule has 1 aliphatic carbocycles. The van der Waals surface area contributed by atoms with Gasteiger partial charge >= 0.3 is 0 Å². The van der Waals surface area contributed by atoms with Crippen molar-refractivity contribution in [3.05, 3.63) is 0 Å². The fraction of sp³-hybridized carbons (Fsp3) is 1.00. The van der Waals surface area contributed by atoms with Gasteiger partial charge in [-0.1, -0.05) is 6.42 Å². The van der Waals surface area contributed by atoms with E-state index in [0.29, 0.717) is 5.92 Å². The summed E-state index contributed by atoms with van der Waals surface area (Å²) in [6.07, 6.45) is 3.43. The van der Waals surface area contributed by atoms with Gasteiger partial charge in [0, 0.05) is 12.6 Å². The summed E-state index contributed by atoms with van der Waals surface area (Å²) in [5.41, 5.74) is 5.63. The van der Waals surface area contributed by atoms with Gasteiger partial charge in [0.2, 0.25) is 0 Å². The molecule has 0 aromatic rings. The molecule has 1 saturated carbocycles. The SMILES string of the molecule is N[C@H]1CCC[C@H]1CO. The third kappa shape index (κ3) is 1.01. The van der Waals surface area contributed by atoms with Gasteiger partial charge in [-0.25, -0.2) is 0 Å². The molecule has 1 aliphatic rings. The van der Waals surface area contributed by atoms with Crippen LogP contribution in [-0.2, 0) is 0 Å². The molecule has 0 unspecified atom stereocenters. The number of hydrogen-bond acceptors (Lipinski definition) is 2. The quantitative estimate of drug-likeness (QED) is 0.509.